The van der Waals surface area contributed by atoms with E-state index in [2.05, 4.69) is 15.3 Å². The molecule has 0 bridgehead atoms. The van der Waals surface area contributed by atoms with Gasteiger partial charge >= 0.3 is 6.09 Å². The van der Waals surface area contributed by atoms with E-state index >= 15 is 0 Å². The summed E-state index contributed by atoms with van der Waals surface area (Å²) in [5.41, 5.74) is 1.78. The van der Waals surface area contributed by atoms with Gasteiger partial charge < -0.3 is 15.4 Å². The number of hydrogen-bond donors (Lipinski definition) is 3. The lowest BCUT2D eigenvalue weighted by atomic mass is 9.96. The van der Waals surface area contributed by atoms with Crippen molar-refractivity contribution in [3.63, 3.8) is 0 Å². The Balaban J connectivity index is 2.09. The van der Waals surface area contributed by atoms with E-state index in [1.54, 1.807) is 24.7 Å². The number of carbonyl (C=O) groups is 1. The van der Waals surface area contributed by atoms with Gasteiger partial charge in [-0.25, -0.2) is 14.2 Å². The van der Waals surface area contributed by atoms with Crippen molar-refractivity contribution in [3.8, 4) is 0 Å². The maximum atomic E-state index is 12.8. The highest BCUT2D eigenvalue weighted by atomic mass is 19.1. The van der Waals surface area contributed by atoms with E-state index in [1.165, 1.54) is 12.1 Å². The number of rotatable bonds is 5. The summed E-state index contributed by atoms with van der Waals surface area (Å²) in [6.45, 7) is 0.273. The molecule has 0 radical (unpaired) electrons. The second kappa shape index (κ2) is 5.99. The normalized spacial score (nSPS) is 12.1. The van der Waals surface area contributed by atoms with Crippen LogP contribution in [0.4, 0.5) is 9.18 Å². The molecular weight excluding hydrogens is 249 g/mol. The zero-order chi connectivity index (χ0) is 13.7. The van der Waals surface area contributed by atoms with Crippen LogP contribution in [0.1, 0.15) is 17.2 Å². The fourth-order valence-electron chi connectivity index (χ4n) is 1.90. The van der Waals surface area contributed by atoms with Gasteiger partial charge in [0, 0.05) is 24.4 Å². The molecule has 1 atom stereocenters. The van der Waals surface area contributed by atoms with Gasteiger partial charge in [0.2, 0.25) is 0 Å². The SMILES string of the molecule is O=C(O)NCC(Cc1ccc(F)cc1)c1cnc[nH]1. The summed E-state index contributed by atoms with van der Waals surface area (Å²) in [6.07, 6.45) is 2.75. The molecule has 0 fully saturated rings. The summed E-state index contributed by atoms with van der Waals surface area (Å²) in [6, 6.07) is 6.17. The van der Waals surface area contributed by atoms with Crippen molar-refractivity contribution in [3.05, 3.63) is 53.9 Å². The molecule has 0 aliphatic rings. The lowest BCUT2D eigenvalue weighted by Gasteiger charge is -2.15. The molecule has 5 nitrogen and oxygen atoms in total. The van der Waals surface area contributed by atoms with Crippen molar-refractivity contribution < 1.29 is 14.3 Å². The molecule has 1 heterocycles. The van der Waals surface area contributed by atoms with Gasteiger partial charge in [-0.2, -0.15) is 0 Å². The Morgan fingerprint density at radius 3 is 2.74 bits per heavy atom. The molecule has 1 amide bonds. The molecular formula is C13H14FN3O2. The number of hydrogen-bond acceptors (Lipinski definition) is 2. The van der Waals surface area contributed by atoms with Gasteiger partial charge in [-0.05, 0) is 24.1 Å². The predicted octanol–water partition coefficient (Wildman–Crippen LogP) is 2.14. The molecule has 19 heavy (non-hydrogen) atoms. The molecule has 0 aliphatic carbocycles. The summed E-state index contributed by atoms with van der Waals surface area (Å²) in [5, 5.41) is 11.0. The third-order valence-corrected chi connectivity index (χ3v) is 2.85. The topological polar surface area (TPSA) is 78.0 Å². The minimum absolute atomic E-state index is 0.0657. The standard InChI is InChI=1S/C13H14FN3O2/c14-11-3-1-9(2-4-11)5-10(6-16-13(18)19)12-7-15-8-17-12/h1-4,7-8,10,16H,5-6H2,(H,15,17)(H,18,19). The number of H-pyrrole nitrogens is 1. The van der Waals surface area contributed by atoms with Crippen LogP contribution in [0.3, 0.4) is 0 Å². The van der Waals surface area contributed by atoms with E-state index in [-0.39, 0.29) is 18.3 Å². The van der Waals surface area contributed by atoms with Crippen LogP contribution in [-0.2, 0) is 6.42 Å². The molecule has 3 N–H and O–H groups in total. The van der Waals surface area contributed by atoms with Crippen LogP contribution in [0.2, 0.25) is 0 Å². The first-order valence-corrected chi connectivity index (χ1v) is 5.84. The second-order valence-electron chi connectivity index (χ2n) is 4.22. The molecule has 0 aliphatic heterocycles. The fourth-order valence-corrected chi connectivity index (χ4v) is 1.90. The Bertz CT molecular complexity index is 525. The fraction of sp³-hybridized carbons (Fsp3) is 0.231. The van der Waals surface area contributed by atoms with Crippen molar-refractivity contribution in [1.29, 1.82) is 0 Å². The number of carboxylic acid groups (broad SMARTS) is 1. The van der Waals surface area contributed by atoms with E-state index in [9.17, 15) is 9.18 Å². The average molecular weight is 263 g/mol. The molecule has 0 saturated carbocycles. The minimum Gasteiger partial charge on any atom is -0.465 e. The van der Waals surface area contributed by atoms with Crippen molar-refractivity contribution in [2.45, 2.75) is 12.3 Å². The van der Waals surface area contributed by atoms with Crippen LogP contribution in [-0.4, -0.2) is 27.7 Å². The monoisotopic (exact) mass is 263 g/mol. The van der Waals surface area contributed by atoms with E-state index in [0.717, 1.165) is 11.3 Å². The third kappa shape index (κ3) is 3.80. The highest BCUT2D eigenvalue weighted by molar-refractivity contribution is 5.64. The van der Waals surface area contributed by atoms with Crippen molar-refractivity contribution in [1.82, 2.24) is 15.3 Å². The Labute approximate surface area is 109 Å². The van der Waals surface area contributed by atoms with Crippen LogP contribution in [0.25, 0.3) is 0 Å². The first-order chi connectivity index (χ1) is 9.15. The van der Waals surface area contributed by atoms with Crippen LogP contribution >= 0.6 is 0 Å². The molecule has 1 aromatic heterocycles. The number of aromatic amines is 1. The zero-order valence-electron chi connectivity index (χ0n) is 10.1. The molecule has 0 spiro atoms. The van der Waals surface area contributed by atoms with E-state index in [0.29, 0.717) is 6.42 Å². The number of nitrogens with one attached hydrogen (secondary N) is 2. The average Bonchev–Trinajstić information content (AvgIpc) is 2.90. The molecule has 6 heteroatoms. The molecule has 100 valence electrons. The van der Waals surface area contributed by atoms with Gasteiger partial charge in [-0.3, -0.25) is 0 Å². The lowest BCUT2D eigenvalue weighted by molar-refractivity contribution is 0.193. The smallest absolute Gasteiger partial charge is 0.404 e. The maximum Gasteiger partial charge on any atom is 0.404 e. The second-order valence-corrected chi connectivity index (χ2v) is 4.22. The van der Waals surface area contributed by atoms with Crippen molar-refractivity contribution >= 4 is 6.09 Å². The molecule has 1 unspecified atom stereocenters. The summed E-state index contributed by atoms with van der Waals surface area (Å²) >= 11 is 0. The van der Waals surface area contributed by atoms with E-state index < -0.39 is 6.09 Å². The number of aromatic nitrogens is 2. The third-order valence-electron chi connectivity index (χ3n) is 2.85. The van der Waals surface area contributed by atoms with Gasteiger partial charge in [-0.15, -0.1) is 0 Å². The van der Waals surface area contributed by atoms with Crippen LogP contribution in [0.15, 0.2) is 36.8 Å². The summed E-state index contributed by atoms with van der Waals surface area (Å²) in [7, 11) is 0. The van der Waals surface area contributed by atoms with Gasteiger partial charge in [0.1, 0.15) is 5.82 Å². The summed E-state index contributed by atoms with van der Waals surface area (Å²) in [4.78, 5) is 17.5. The highest BCUT2D eigenvalue weighted by Crippen LogP contribution is 2.18. The molecule has 2 aromatic rings. The van der Waals surface area contributed by atoms with E-state index in [1.807, 2.05) is 0 Å². The van der Waals surface area contributed by atoms with E-state index in [4.69, 9.17) is 5.11 Å². The maximum absolute atomic E-state index is 12.8. The highest BCUT2D eigenvalue weighted by Gasteiger charge is 2.15. The van der Waals surface area contributed by atoms with Gasteiger partial charge in [0.05, 0.1) is 6.33 Å². The first-order valence-electron chi connectivity index (χ1n) is 5.84. The van der Waals surface area contributed by atoms with Gasteiger partial charge in [-0.1, -0.05) is 12.1 Å². The van der Waals surface area contributed by atoms with Crippen LogP contribution in [0.5, 0.6) is 0 Å². The number of halogens is 1. The van der Waals surface area contributed by atoms with Gasteiger partial charge in [0.25, 0.3) is 0 Å². The minimum atomic E-state index is -1.07. The Hall–Kier alpha value is -2.37. The van der Waals surface area contributed by atoms with Crippen molar-refractivity contribution in [2.75, 3.05) is 6.54 Å². The lowest BCUT2D eigenvalue weighted by Crippen LogP contribution is -2.27. The quantitative estimate of drug-likeness (QED) is 0.773. The first kappa shape index (κ1) is 13.1. The number of benzene rings is 1. The van der Waals surface area contributed by atoms with Gasteiger partial charge in [0.15, 0.2) is 0 Å². The van der Waals surface area contributed by atoms with Crippen LogP contribution < -0.4 is 5.32 Å². The Morgan fingerprint density at radius 1 is 1.42 bits per heavy atom. The predicted molar refractivity (Wildman–Crippen MR) is 67.5 cm³/mol. The summed E-state index contributed by atoms with van der Waals surface area (Å²) in [5.74, 6) is -0.352. The number of nitrogens with zero attached hydrogens (tertiary/aromatic N) is 1. The largest absolute Gasteiger partial charge is 0.465 e. The number of imidazole rings is 1. The Kier molecular flexibility index (Phi) is 4.12. The number of amides is 1. The molecule has 1 aromatic carbocycles. The molecule has 2 rings (SSSR count). The molecule has 0 saturated heterocycles. The van der Waals surface area contributed by atoms with Crippen molar-refractivity contribution in [2.24, 2.45) is 0 Å². The zero-order valence-corrected chi connectivity index (χ0v) is 10.1. The Morgan fingerprint density at radius 2 is 2.16 bits per heavy atom. The van der Waals surface area contributed by atoms with Crippen LogP contribution in [0, 0.1) is 5.82 Å². The summed E-state index contributed by atoms with van der Waals surface area (Å²) < 4.78 is 12.8.